The van der Waals surface area contributed by atoms with Crippen molar-refractivity contribution in [1.82, 2.24) is 4.31 Å². The van der Waals surface area contributed by atoms with Crippen LogP contribution in [0.1, 0.15) is 21.7 Å². The molecule has 152 valence electrons. The predicted octanol–water partition coefficient (Wildman–Crippen LogP) is 4.06. The van der Waals surface area contributed by atoms with E-state index in [0.29, 0.717) is 5.76 Å². The lowest BCUT2D eigenvalue weighted by atomic mass is 10.1. The Kier molecular flexibility index (Phi) is 6.26. The molecule has 0 saturated carbocycles. The molecule has 2 aromatic carbocycles. The second-order valence-electron chi connectivity index (χ2n) is 6.31. The van der Waals surface area contributed by atoms with Crippen molar-refractivity contribution in [1.29, 1.82) is 0 Å². The van der Waals surface area contributed by atoms with Crippen LogP contribution in [0.15, 0.2) is 70.2 Å². The molecular weight excluding hydrogens is 416 g/mol. The minimum absolute atomic E-state index is 0.0724. The second-order valence-corrected chi connectivity index (χ2v) is 8.73. The number of benzene rings is 2. The molecule has 0 bridgehead atoms. The first-order valence-corrected chi connectivity index (χ1v) is 10.4. The third kappa shape index (κ3) is 4.79. The van der Waals surface area contributed by atoms with E-state index in [1.54, 1.807) is 24.3 Å². The lowest BCUT2D eigenvalue weighted by Gasteiger charge is -2.19. The summed E-state index contributed by atoms with van der Waals surface area (Å²) in [6.45, 7) is 0.351. The van der Waals surface area contributed by atoms with E-state index in [4.69, 9.17) is 16.0 Å². The number of aromatic carboxylic acids is 1. The van der Waals surface area contributed by atoms with E-state index in [9.17, 15) is 18.3 Å². The van der Waals surface area contributed by atoms with Crippen LogP contribution in [0.25, 0.3) is 0 Å². The van der Waals surface area contributed by atoms with E-state index in [1.165, 1.54) is 19.4 Å². The van der Waals surface area contributed by atoms with Crippen molar-refractivity contribution in [2.24, 2.45) is 0 Å². The van der Waals surface area contributed by atoms with E-state index >= 15 is 0 Å². The molecule has 0 spiro atoms. The topological polar surface area (TPSA) is 99.9 Å². The van der Waals surface area contributed by atoms with Crippen LogP contribution in [0.5, 0.6) is 0 Å². The second kappa shape index (κ2) is 8.69. The van der Waals surface area contributed by atoms with Gasteiger partial charge in [-0.15, -0.1) is 0 Å². The highest BCUT2D eigenvalue weighted by Crippen LogP contribution is 2.31. The Balaban J connectivity index is 1.91. The lowest BCUT2D eigenvalue weighted by molar-refractivity contribution is 0.0697. The molecule has 3 rings (SSSR count). The molecule has 3 aromatic rings. The molecule has 0 aliphatic carbocycles. The van der Waals surface area contributed by atoms with Gasteiger partial charge in [0.05, 0.1) is 29.1 Å². The first-order chi connectivity index (χ1) is 13.8. The molecule has 0 aliphatic rings. The molecule has 29 heavy (non-hydrogen) atoms. The third-order valence-electron chi connectivity index (χ3n) is 4.27. The summed E-state index contributed by atoms with van der Waals surface area (Å²) in [5.74, 6) is -0.678. The van der Waals surface area contributed by atoms with Crippen molar-refractivity contribution >= 4 is 33.3 Å². The number of rotatable bonds is 8. The molecule has 7 nitrogen and oxygen atoms in total. The summed E-state index contributed by atoms with van der Waals surface area (Å²) in [4.78, 5) is 11.5. The quantitative estimate of drug-likeness (QED) is 0.554. The van der Waals surface area contributed by atoms with E-state index in [-0.39, 0.29) is 34.3 Å². The molecule has 0 radical (unpaired) electrons. The van der Waals surface area contributed by atoms with Gasteiger partial charge in [-0.05, 0) is 29.8 Å². The number of carbonyl (C=O) groups is 1. The van der Waals surface area contributed by atoms with Gasteiger partial charge in [0.1, 0.15) is 10.7 Å². The summed E-state index contributed by atoms with van der Waals surface area (Å²) in [5, 5.41) is 12.4. The molecule has 0 aliphatic heterocycles. The number of anilines is 1. The summed E-state index contributed by atoms with van der Waals surface area (Å²) >= 11 is 6.24. The molecule has 1 heterocycles. The van der Waals surface area contributed by atoms with E-state index in [2.05, 4.69) is 5.32 Å². The van der Waals surface area contributed by atoms with Crippen LogP contribution in [0.4, 0.5) is 5.69 Å². The van der Waals surface area contributed by atoms with Crippen molar-refractivity contribution in [3.8, 4) is 0 Å². The monoisotopic (exact) mass is 434 g/mol. The van der Waals surface area contributed by atoms with Gasteiger partial charge in [-0.25, -0.2) is 13.2 Å². The number of sulfonamides is 1. The minimum atomic E-state index is -4.01. The fourth-order valence-corrected chi connectivity index (χ4v) is 4.45. The number of hydrogen-bond acceptors (Lipinski definition) is 5. The van der Waals surface area contributed by atoms with Gasteiger partial charge in [0.2, 0.25) is 10.0 Å². The SMILES string of the molecule is CN(Cc1ccccc1)S(=O)(=O)c1cc(C(=O)O)c(NCc2ccco2)cc1Cl. The Bertz CT molecular complexity index is 1100. The number of carboxylic acid groups (broad SMARTS) is 1. The molecule has 0 saturated heterocycles. The highest BCUT2D eigenvalue weighted by Gasteiger charge is 2.27. The van der Waals surface area contributed by atoms with Crippen molar-refractivity contribution in [2.75, 3.05) is 12.4 Å². The van der Waals surface area contributed by atoms with Gasteiger partial charge in [-0.3, -0.25) is 0 Å². The van der Waals surface area contributed by atoms with Gasteiger partial charge >= 0.3 is 5.97 Å². The molecule has 0 atom stereocenters. The number of halogens is 1. The van der Waals surface area contributed by atoms with Gasteiger partial charge in [-0.2, -0.15) is 4.31 Å². The Morgan fingerprint density at radius 3 is 2.52 bits per heavy atom. The van der Waals surface area contributed by atoms with Crippen molar-refractivity contribution < 1.29 is 22.7 Å². The molecule has 0 amide bonds. The molecule has 0 unspecified atom stereocenters. The summed E-state index contributed by atoms with van der Waals surface area (Å²) in [7, 11) is -2.59. The number of furan rings is 1. The van der Waals surface area contributed by atoms with Crippen LogP contribution in [0.2, 0.25) is 5.02 Å². The van der Waals surface area contributed by atoms with Crippen LogP contribution in [-0.2, 0) is 23.1 Å². The van der Waals surface area contributed by atoms with Gasteiger partial charge < -0.3 is 14.8 Å². The van der Waals surface area contributed by atoms with Crippen LogP contribution in [-0.4, -0.2) is 30.8 Å². The van der Waals surface area contributed by atoms with Gasteiger partial charge in [0.25, 0.3) is 0 Å². The van der Waals surface area contributed by atoms with Crippen molar-refractivity contribution in [2.45, 2.75) is 18.0 Å². The summed E-state index contributed by atoms with van der Waals surface area (Å²) < 4.78 is 32.3. The Morgan fingerprint density at radius 1 is 1.17 bits per heavy atom. The zero-order valence-electron chi connectivity index (χ0n) is 15.5. The molecule has 2 N–H and O–H groups in total. The lowest BCUT2D eigenvalue weighted by Crippen LogP contribution is -2.27. The zero-order valence-corrected chi connectivity index (χ0v) is 17.1. The third-order valence-corrected chi connectivity index (χ3v) is 6.54. The fraction of sp³-hybridized carbons (Fsp3) is 0.150. The van der Waals surface area contributed by atoms with E-state index in [0.717, 1.165) is 15.9 Å². The average molecular weight is 435 g/mol. The largest absolute Gasteiger partial charge is 0.478 e. The van der Waals surface area contributed by atoms with Gasteiger partial charge in [0, 0.05) is 13.6 Å². The summed E-state index contributed by atoms with van der Waals surface area (Å²) in [5.41, 5.74) is 0.793. The first-order valence-electron chi connectivity index (χ1n) is 8.62. The minimum Gasteiger partial charge on any atom is -0.478 e. The standard InChI is InChI=1S/C20H19ClN2O5S/c1-23(13-14-6-3-2-4-7-14)29(26,27)19-10-16(20(24)25)18(11-17(19)21)22-12-15-8-5-9-28-15/h2-11,22H,12-13H2,1H3,(H,24,25). The Morgan fingerprint density at radius 2 is 1.90 bits per heavy atom. The molecular formula is C20H19ClN2O5S. The maximum atomic E-state index is 13.0. The highest BCUT2D eigenvalue weighted by molar-refractivity contribution is 7.89. The van der Waals surface area contributed by atoms with Crippen LogP contribution < -0.4 is 5.32 Å². The fourth-order valence-electron chi connectivity index (χ4n) is 2.76. The first kappa shape index (κ1) is 20.9. The van der Waals surface area contributed by atoms with Crippen molar-refractivity contribution in [3.05, 3.63) is 82.8 Å². The Labute approximate surface area is 173 Å². The number of hydrogen-bond donors (Lipinski definition) is 2. The van der Waals surface area contributed by atoms with Gasteiger partial charge in [-0.1, -0.05) is 41.9 Å². The number of nitrogens with zero attached hydrogens (tertiary/aromatic N) is 1. The van der Waals surface area contributed by atoms with Gasteiger partial charge in [0.15, 0.2) is 0 Å². The predicted molar refractivity (Wildman–Crippen MR) is 110 cm³/mol. The average Bonchev–Trinajstić information content (AvgIpc) is 3.20. The number of carboxylic acids is 1. The van der Waals surface area contributed by atoms with Crippen LogP contribution in [0.3, 0.4) is 0 Å². The summed E-state index contributed by atoms with van der Waals surface area (Å²) in [6.07, 6.45) is 1.50. The molecule has 0 fully saturated rings. The molecule has 9 heteroatoms. The zero-order chi connectivity index (χ0) is 21.0. The van der Waals surface area contributed by atoms with Crippen LogP contribution in [0, 0.1) is 0 Å². The summed E-state index contributed by atoms with van der Waals surface area (Å²) in [6, 6.07) is 14.9. The smallest absolute Gasteiger partial charge is 0.337 e. The van der Waals surface area contributed by atoms with Crippen molar-refractivity contribution in [3.63, 3.8) is 0 Å². The maximum absolute atomic E-state index is 13.0. The normalized spacial score (nSPS) is 11.6. The van der Waals surface area contributed by atoms with E-state index in [1.807, 2.05) is 18.2 Å². The highest BCUT2D eigenvalue weighted by atomic mass is 35.5. The molecule has 1 aromatic heterocycles. The van der Waals surface area contributed by atoms with Crippen LogP contribution >= 0.6 is 11.6 Å². The maximum Gasteiger partial charge on any atom is 0.337 e. The number of nitrogens with one attached hydrogen (secondary N) is 1. The van der Waals surface area contributed by atoms with E-state index < -0.39 is 16.0 Å². The Hall–Kier alpha value is -2.81.